The summed E-state index contributed by atoms with van der Waals surface area (Å²) in [7, 11) is 3.30. The van der Waals surface area contributed by atoms with Crippen LogP contribution in [0.15, 0.2) is 36.4 Å². The summed E-state index contributed by atoms with van der Waals surface area (Å²) in [6, 6.07) is 12.1. The van der Waals surface area contributed by atoms with Crippen LogP contribution in [0.5, 0.6) is 11.5 Å². The maximum atomic E-state index is 12.6. The lowest BCUT2D eigenvalue weighted by Crippen LogP contribution is -2.50. The third kappa shape index (κ3) is 5.41. The summed E-state index contributed by atoms with van der Waals surface area (Å²) < 4.78 is 10.7. The molecule has 1 heterocycles. The van der Waals surface area contributed by atoms with Crippen LogP contribution >= 0.6 is 0 Å². The molecule has 1 aliphatic rings. The van der Waals surface area contributed by atoms with Gasteiger partial charge in [-0.2, -0.15) is 0 Å². The van der Waals surface area contributed by atoms with Crippen molar-refractivity contribution < 1.29 is 14.3 Å². The highest BCUT2D eigenvalue weighted by atomic mass is 16.5. The summed E-state index contributed by atoms with van der Waals surface area (Å²) in [6.45, 7) is 8.28. The predicted molar refractivity (Wildman–Crippen MR) is 116 cm³/mol. The van der Waals surface area contributed by atoms with Crippen LogP contribution in [0.1, 0.15) is 16.7 Å². The van der Waals surface area contributed by atoms with Gasteiger partial charge in [0.2, 0.25) is 0 Å². The molecular weight excluding hydrogens is 366 g/mol. The normalized spacial score (nSPS) is 14.6. The Bertz CT molecular complexity index is 845. The summed E-state index contributed by atoms with van der Waals surface area (Å²) in [4.78, 5) is 16.9. The molecule has 0 unspecified atom stereocenters. The van der Waals surface area contributed by atoms with Gasteiger partial charge in [0.1, 0.15) is 0 Å². The van der Waals surface area contributed by atoms with E-state index in [-0.39, 0.29) is 6.03 Å². The summed E-state index contributed by atoms with van der Waals surface area (Å²) >= 11 is 0. The number of aryl methyl sites for hydroxylation is 2. The van der Waals surface area contributed by atoms with Crippen molar-refractivity contribution in [3.63, 3.8) is 0 Å². The molecule has 1 N–H and O–H groups in total. The van der Waals surface area contributed by atoms with Gasteiger partial charge >= 0.3 is 6.03 Å². The van der Waals surface area contributed by atoms with E-state index < -0.39 is 0 Å². The molecule has 3 rings (SSSR count). The molecule has 2 aromatic carbocycles. The van der Waals surface area contributed by atoms with E-state index >= 15 is 0 Å². The Morgan fingerprint density at radius 2 is 1.69 bits per heavy atom. The monoisotopic (exact) mass is 397 g/mol. The maximum absolute atomic E-state index is 12.6. The summed E-state index contributed by atoms with van der Waals surface area (Å²) in [6.07, 6.45) is 0.940. The van der Waals surface area contributed by atoms with Crippen molar-refractivity contribution in [3.8, 4) is 11.5 Å². The number of nitrogens with zero attached hydrogens (tertiary/aromatic N) is 2. The Balaban J connectivity index is 1.47. The Kier molecular flexibility index (Phi) is 6.99. The zero-order valence-electron chi connectivity index (χ0n) is 17.8. The molecule has 2 amide bonds. The number of nitrogens with one attached hydrogen (secondary N) is 1. The van der Waals surface area contributed by atoms with Gasteiger partial charge < -0.3 is 19.7 Å². The van der Waals surface area contributed by atoms with Crippen molar-refractivity contribution in [1.82, 2.24) is 9.80 Å². The molecule has 0 radical (unpaired) electrons. The second-order valence-corrected chi connectivity index (χ2v) is 7.52. The maximum Gasteiger partial charge on any atom is 0.321 e. The highest BCUT2D eigenvalue weighted by Gasteiger charge is 2.21. The first-order valence-corrected chi connectivity index (χ1v) is 10.1. The van der Waals surface area contributed by atoms with Gasteiger partial charge in [-0.15, -0.1) is 0 Å². The molecule has 1 fully saturated rings. The number of rotatable bonds is 6. The second kappa shape index (κ2) is 9.65. The minimum Gasteiger partial charge on any atom is -0.493 e. The quantitative estimate of drug-likeness (QED) is 0.807. The SMILES string of the molecule is COc1ccc(CCN2CCN(C(=O)Nc3ccc(C)cc3C)CC2)cc1OC. The van der Waals surface area contributed by atoms with E-state index in [4.69, 9.17) is 9.47 Å². The molecule has 0 saturated carbocycles. The van der Waals surface area contributed by atoms with Gasteiger partial charge in [0.15, 0.2) is 11.5 Å². The van der Waals surface area contributed by atoms with E-state index in [1.807, 2.05) is 36.1 Å². The van der Waals surface area contributed by atoms with Crippen LogP contribution in [0.2, 0.25) is 0 Å². The van der Waals surface area contributed by atoms with E-state index in [2.05, 4.69) is 29.3 Å². The second-order valence-electron chi connectivity index (χ2n) is 7.52. The summed E-state index contributed by atoms with van der Waals surface area (Å²) in [5.74, 6) is 1.51. The zero-order valence-corrected chi connectivity index (χ0v) is 17.8. The minimum absolute atomic E-state index is 0.0171. The highest BCUT2D eigenvalue weighted by molar-refractivity contribution is 5.90. The number of hydrogen-bond donors (Lipinski definition) is 1. The van der Waals surface area contributed by atoms with Gasteiger partial charge in [-0.1, -0.05) is 23.8 Å². The fraction of sp³-hybridized carbons (Fsp3) is 0.435. The van der Waals surface area contributed by atoms with Crippen LogP contribution in [0.3, 0.4) is 0 Å². The van der Waals surface area contributed by atoms with Crippen LogP contribution in [0, 0.1) is 13.8 Å². The molecule has 0 aromatic heterocycles. The van der Waals surface area contributed by atoms with E-state index in [9.17, 15) is 4.79 Å². The van der Waals surface area contributed by atoms with Gasteiger partial charge in [-0.05, 0) is 49.6 Å². The number of piperazine rings is 1. The minimum atomic E-state index is -0.0171. The van der Waals surface area contributed by atoms with E-state index in [1.54, 1.807) is 14.2 Å². The average Bonchev–Trinajstić information content (AvgIpc) is 2.74. The molecule has 0 bridgehead atoms. The molecule has 1 aliphatic heterocycles. The number of hydrogen-bond acceptors (Lipinski definition) is 4. The van der Waals surface area contributed by atoms with Crippen LogP contribution in [-0.2, 0) is 6.42 Å². The fourth-order valence-electron chi connectivity index (χ4n) is 3.65. The standard InChI is InChI=1S/C23H31N3O3/c1-17-5-7-20(18(2)15-17)24-23(27)26-13-11-25(12-14-26)10-9-19-6-8-21(28-3)22(16-19)29-4/h5-8,15-16H,9-14H2,1-4H3,(H,24,27). The summed E-state index contributed by atoms with van der Waals surface area (Å²) in [5, 5.41) is 3.05. The van der Waals surface area contributed by atoms with Gasteiger partial charge in [0, 0.05) is 38.4 Å². The summed E-state index contributed by atoms with van der Waals surface area (Å²) in [5.41, 5.74) is 4.39. The van der Waals surface area contributed by atoms with Crippen LogP contribution in [0.25, 0.3) is 0 Å². The van der Waals surface area contributed by atoms with Gasteiger partial charge in [0.05, 0.1) is 14.2 Å². The third-order valence-corrected chi connectivity index (χ3v) is 5.45. The highest BCUT2D eigenvalue weighted by Crippen LogP contribution is 2.27. The number of carbonyl (C=O) groups is 1. The van der Waals surface area contributed by atoms with Crippen molar-refractivity contribution in [2.24, 2.45) is 0 Å². The molecule has 29 heavy (non-hydrogen) atoms. The molecule has 156 valence electrons. The predicted octanol–water partition coefficient (Wildman–Crippen LogP) is 3.71. The molecule has 0 aliphatic carbocycles. The molecule has 1 saturated heterocycles. The molecule has 6 nitrogen and oxygen atoms in total. The molecule has 0 spiro atoms. The van der Waals surface area contributed by atoms with E-state index in [1.165, 1.54) is 11.1 Å². The van der Waals surface area contributed by atoms with E-state index in [0.717, 1.165) is 61.9 Å². The number of benzene rings is 2. The Morgan fingerprint density at radius 3 is 2.34 bits per heavy atom. The lowest BCUT2D eigenvalue weighted by Gasteiger charge is -2.34. The van der Waals surface area contributed by atoms with Crippen LogP contribution in [0.4, 0.5) is 10.5 Å². The smallest absolute Gasteiger partial charge is 0.321 e. The van der Waals surface area contributed by atoms with Crippen molar-refractivity contribution >= 4 is 11.7 Å². The van der Waals surface area contributed by atoms with Crippen LogP contribution in [-0.4, -0.2) is 62.8 Å². The number of ether oxygens (including phenoxy) is 2. The topological polar surface area (TPSA) is 54.0 Å². The van der Waals surface area contributed by atoms with Crippen LogP contribution < -0.4 is 14.8 Å². The number of anilines is 1. The Morgan fingerprint density at radius 1 is 0.966 bits per heavy atom. The molecule has 6 heteroatoms. The first-order chi connectivity index (χ1) is 14.0. The van der Waals surface area contributed by atoms with Gasteiger partial charge in [-0.3, -0.25) is 4.90 Å². The first-order valence-electron chi connectivity index (χ1n) is 10.1. The zero-order chi connectivity index (χ0) is 20.8. The van der Waals surface area contributed by atoms with Gasteiger partial charge in [-0.25, -0.2) is 4.79 Å². The number of urea groups is 1. The average molecular weight is 398 g/mol. The number of carbonyl (C=O) groups excluding carboxylic acids is 1. The van der Waals surface area contributed by atoms with E-state index in [0.29, 0.717) is 0 Å². The van der Waals surface area contributed by atoms with Crippen molar-refractivity contribution in [1.29, 1.82) is 0 Å². The largest absolute Gasteiger partial charge is 0.493 e. The molecular formula is C23H31N3O3. The number of amides is 2. The van der Waals surface area contributed by atoms with Gasteiger partial charge in [0.25, 0.3) is 0 Å². The Labute approximate surface area is 173 Å². The first kappa shape index (κ1) is 21.0. The fourth-order valence-corrected chi connectivity index (χ4v) is 3.65. The lowest BCUT2D eigenvalue weighted by atomic mass is 10.1. The van der Waals surface area contributed by atoms with Crippen molar-refractivity contribution in [3.05, 3.63) is 53.1 Å². The Hall–Kier alpha value is -2.73. The van der Waals surface area contributed by atoms with Crippen molar-refractivity contribution in [2.75, 3.05) is 52.3 Å². The number of methoxy groups -OCH3 is 2. The van der Waals surface area contributed by atoms with Crippen molar-refractivity contribution in [2.45, 2.75) is 20.3 Å². The molecule has 0 atom stereocenters. The molecule has 2 aromatic rings. The third-order valence-electron chi connectivity index (χ3n) is 5.45. The lowest BCUT2D eigenvalue weighted by molar-refractivity contribution is 0.148.